The van der Waals surface area contributed by atoms with Crippen molar-refractivity contribution in [3.05, 3.63) is 118 Å². The summed E-state index contributed by atoms with van der Waals surface area (Å²) in [5, 5.41) is 16.4. The summed E-state index contributed by atoms with van der Waals surface area (Å²) in [5.41, 5.74) is 4.41. The number of halogens is 2. The maximum Gasteiger partial charge on any atom is 0.251 e. The van der Waals surface area contributed by atoms with Gasteiger partial charge in [-0.25, -0.2) is 9.37 Å². The molecule has 1 unspecified atom stereocenters. The van der Waals surface area contributed by atoms with E-state index in [1.165, 1.54) is 53.5 Å². The molecule has 3 heterocycles. The standard InChI is InChI=1S/C34H28ClFN8O4/c1-37-33(46)21-8-6-20(7-9-21)23-4-3-5-25-24(23)16-17-43(32(25)34(47)40-22-10-14-29(48-2)38-18-22)30(45)15-11-26-28(44-19-39-41-42-44)13-12-27(35)31(26)36/h3-15,18-19,32H,16-17H2,1-2H3,(H,37,46)(H,40,47)/b15-11+. The summed E-state index contributed by atoms with van der Waals surface area (Å²) in [6, 6.07) is 17.8. The largest absolute Gasteiger partial charge is 0.481 e. The number of rotatable bonds is 8. The number of nitrogens with zero attached hydrogens (tertiary/aromatic N) is 6. The average molecular weight is 667 g/mol. The molecule has 1 aliphatic rings. The van der Waals surface area contributed by atoms with Crippen LogP contribution in [0.25, 0.3) is 22.9 Å². The Morgan fingerprint density at radius 3 is 2.56 bits per heavy atom. The first-order chi connectivity index (χ1) is 23.3. The number of anilines is 1. The second kappa shape index (κ2) is 13.8. The van der Waals surface area contributed by atoms with Gasteiger partial charge >= 0.3 is 0 Å². The van der Waals surface area contributed by atoms with Crippen LogP contribution in [0.15, 0.2) is 85.3 Å². The number of tetrazole rings is 1. The Balaban J connectivity index is 1.38. The summed E-state index contributed by atoms with van der Waals surface area (Å²) in [5.74, 6) is -1.59. The molecule has 3 amide bonds. The molecule has 2 N–H and O–H groups in total. The third-order valence-corrected chi connectivity index (χ3v) is 8.24. The molecule has 0 aliphatic carbocycles. The zero-order chi connectivity index (χ0) is 33.8. The van der Waals surface area contributed by atoms with Crippen molar-refractivity contribution >= 4 is 41.1 Å². The van der Waals surface area contributed by atoms with Crippen LogP contribution < -0.4 is 15.4 Å². The molecule has 5 aromatic rings. The van der Waals surface area contributed by atoms with Gasteiger partial charge in [-0.15, -0.1) is 5.10 Å². The van der Waals surface area contributed by atoms with Gasteiger partial charge in [-0.2, -0.15) is 4.68 Å². The fourth-order valence-electron chi connectivity index (χ4n) is 5.63. The number of ether oxygens (including phenoxy) is 1. The minimum atomic E-state index is -1.05. The second-order valence-electron chi connectivity index (χ2n) is 10.7. The van der Waals surface area contributed by atoms with Crippen molar-refractivity contribution in [3.63, 3.8) is 0 Å². The van der Waals surface area contributed by atoms with E-state index in [1.54, 1.807) is 31.3 Å². The first-order valence-corrected chi connectivity index (χ1v) is 15.1. The number of carbonyl (C=O) groups excluding carboxylic acids is 3. The SMILES string of the molecule is CNC(=O)c1ccc(-c2cccc3c2CCN(C(=O)/C=C/c2c(-n4cnnn4)ccc(Cl)c2F)C3C(=O)Nc2ccc(OC)nc2)cc1. The van der Waals surface area contributed by atoms with Gasteiger partial charge in [0.2, 0.25) is 11.8 Å². The Morgan fingerprint density at radius 1 is 1.06 bits per heavy atom. The van der Waals surface area contributed by atoms with Crippen LogP contribution in [0, 0.1) is 5.82 Å². The molecule has 6 rings (SSSR count). The molecule has 0 radical (unpaired) electrons. The Morgan fingerprint density at radius 2 is 1.88 bits per heavy atom. The van der Waals surface area contributed by atoms with Crippen LogP contribution in [0.4, 0.5) is 10.1 Å². The van der Waals surface area contributed by atoms with E-state index in [0.29, 0.717) is 29.1 Å². The molecule has 0 saturated carbocycles. The molecule has 48 heavy (non-hydrogen) atoms. The predicted octanol–water partition coefficient (Wildman–Crippen LogP) is 4.66. The summed E-state index contributed by atoms with van der Waals surface area (Å²) < 4.78 is 21.6. The third-order valence-electron chi connectivity index (χ3n) is 7.95. The van der Waals surface area contributed by atoms with E-state index in [1.807, 2.05) is 30.3 Å². The summed E-state index contributed by atoms with van der Waals surface area (Å²) in [6.07, 6.45) is 5.67. The number of hydrogen-bond donors (Lipinski definition) is 2. The number of hydrogen-bond acceptors (Lipinski definition) is 8. The summed E-state index contributed by atoms with van der Waals surface area (Å²) in [4.78, 5) is 45.7. The van der Waals surface area contributed by atoms with E-state index in [-0.39, 0.29) is 28.7 Å². The monoisotopic (exact) mass is 666 g/mol. The van der Waals surface area contributed by atoms with Gasteiger partial charge in [-0.05, 0) is 75.5 Å². The van der Waals surface area contributed by atoms with E-state index < -0.39 is 23.7 Å². The molecule has 1 aliphatic heterocycles. The number of benzene rings is 3. The zero-order valence-corrected chi connectivity index (χ0v) is 26.5. The Labute approximate surface area is 279 Å². The minimum absolute atomic E-state index is 0.00615. The van der Waals surface area contributed by atoms with Gasteiger partial charge in [0.1, 0.15) is 12.4 Å². The predicted molar refractivity (Wildman–Crippen MR) is 176 cm³/mol. The maximum atomic E-state index is 15.2. The summed E-state index contributed by atoms with van der Waals surface area (Å²) >= 11 is 6.07. The molecule has 3 aromatic carbocycles. The van der Waals surface area contributed by atoms with Crippen LogP contribution in [-0.2, 0) is 16.0 Å². The van der Waals surface area contributed by atoms with Gasteiger partial charge in [0.05, 0.1) is 29.7 Å². The van der Waals surface area contributed by atoms with Gasteiger partial charge < -0.3 is 20.3 Å². The fourth-order valence-corrected chi connectivity index (χ4v) is 5.79. The van der Waals surface area contributed by atoms with Gasteiger partial charge in [0, 0.05) is 36.9 Å². The maximum absolute atomic E-state index is 15.2. The smallest absolute Gasteiger partial charge is 0.251 e. The molecule has 12 nitrogen and oxygen atoms in total. The van der Waals surface area contributed by atoms with Crippen LogP contribution >= 0.6 is 11.6 Å². The number of nitrogens with one attached hydrogen (secondary N) is 2. The van der Waals surface area contributed by atoms with E-state index in [0.717, 1.165) is 16.7 Å². The third kappa shape index (κ3) is 6.35. The topological polar surface area (TPSA) is 144 Å². The first kappa shape index (κ1) is 32.0. The van der Waals surface area contributed by atoms with Crippen molar-refractivity contribution in [3.8, 4) is 22.7 Å². The molecule has 1 atom stereocenters. The Kier molecular flexibility index (Phi) is 9.21. The molecule has 0 spiro atoms. The van der Waals surface area contributed by atoms with Crippen LogP contribution in [0.1, 0.15) is 33.1 Å². The normalized spacial score (nSPS) is 14.0. The van der Waals surface area contributed by atoms with Crippen molar-refractivity contribution in [1.82, 2.24) is 35.4 Å². The number of carbonyl (C=O) groups is 3. The van der Waals surface area contributed by atoms with E-state index in [9.17, 15) is 14.4 Å². The van der Waals surface area contributed by atoms with E-state index in [4.69, 9.17) is 16.3 Å². The number of fused-ring (bicyclic) bond motifs is 1. The minimum Gasteiger partial charge on any atom is -0.481 e. The lowest BCUT2D eigenvalue weighted by molar-refractivity contribution is -0.135. The van der Waals surface area contributed by atoms with Crippen LogP contribution in [0.5, 0.6) is 5.88 Å². The Hall–Kier alpha value is -5.95. The molecule has 242 valence electrons. The van der Waals surface area contributed by atoms with Gasteiger partial charge in [0.25, 0.3) is 11.8 Å². The van der Waals surface area contributed by atoms with Gasteiger partial charge in [-0.3, -0.25) is 14.4 Å². The number of pyridine rings is 1. The Bertz CT molecular complexity index is 2020. The molecule has 14 heteroatoms. The van der Waals surface area contributed by atoms with Crippen molar-refractivity contribution in [2.45, 2.75) is 12.5 Å². The summed E-state index contributed by atoms with van der Waals surface area (Å²) in [7, 11) is 3.05. The van der Waals surface area contributed by atoms with Gasteiger partial charge in [-0.1, -0.05) is 41.9 Å². The van der Waals surface area contributed by atoms with Crippen molar-refractivity contribution < 1.29 is 23.5 Å². The van der Waals surface area contributed by atoms with Crippen molar-refractivity contribution in [2.75, 3.05) is 26.0 Å². The highest BCUT2D eigenvalue weighted by Crippen LogP contribution is 2.37. The number of amides is 3. The highest BCUT2D eigenvalue weighted by Gasteiger charge is 2.36. The van der Waals surface area contributed by atoms with Crippen LogP contribution in [0.3, 0.4) is 0 Å². The lowest BCUT2D eigenvalue weighted by Gasteiger charge is -2.36. The van der Waals surface area contributed by atoms with Crippen LogP contribution in [-0.4, -0.2) is 68.5 Å². The fraction of sp³-hybridized carbons (Fsp3) is 0.147. The highest BCUT2D eigenvalue weighted by molar-refractivity contribution is 6.31. The molecule has 0 saturated heterocycles. The second-order valence-corrected chi connectivity index (χ2v) is 11.1. The van der Waals surface area contributed by atoms with Gasteiger partial charge in [0.15, 0.2) is 5.82 Å². The quantitative estimate of drug-likeness (QED) is 0.228. The molecule has 0 bridgehead atoms. The first-order valence-electron chi connectivity index (χ1n) is 14.7. The molecule has 2 aromatic heterocycles. The van der Waals surface area contributed by atoms with Crippen molar-refractivity contribution in [1.29, 1.82) is 0 Å². The zero-order valence-electron chi connectivity index (χ0n) is 25.7. The average Bonchev–Trinajstić information content (AvgIpc) is 3.66. The van der Waals surface area contributed by atoms with Crippen molar-refractivity contribution in [2.24, 2.45) is 0 Å². The summed E-state index contributed by atoms with van der Waals surface area (Å²) in [6.45, 7) is 0.181. The van der Waals surface area contributed by atoms with Crippen LogP contribution in [0.2, 0.25) is 5.02 Å². The van der Waals surface area contributed by atoms with E-state index >= 15 is 4.39 Å². The number of methoxy groups -OCH3 is 1. The molecular weight excluding hydrogens is 639 g/mol. The highest BCUT2D eigenvalue weighted by atomic mass is 35.5. The lowest BCUT2D eigenvalue weighted by atomic mass is 9.86. The number of aromatic nitrogens is 5. The molecular formula is C34H28ClFN8O4. The van der Waals surface area contributed by atoms with E-state index in [2.05, 4.69) is 31.1 Å². The molecule has 0 fully saturated rings. The lowest BCUT2D eigenvalue weighted by Crippen LogP contribution is -2.45.